The Kier molecular flexibility index (Phi) is 6.14. The Bertz CT molecular complexity index is 483. The van der Waals surface area contributed by atoms with Gasteiger partial charge in [0, 0.05) is 6.42 Å². The molecule has 0 aliphatic rings. The van der Waals surface area contributed by atoms with Gasteiger partial charge in [-0.1, -0.05) is 18.2 Å². The Morgan fingerprint density at radius 3 is 2.55 bits per heavy atom. The lowest BCUT2D eigenvalue weighted by Gasteiger charge is -2.12. The van der Waals surface area contributed by atoms with E-state index in [0.29, 0.717) is 18.6 Å². The molecule has 0 bridgehead atoms. The lowest BCUT2D eigenvalue weighted by Crippen LogP contribution is -2.12. The maximum Gasteiger partial charge on any atom is 0.337 e. The Balaban J connectivity index is 2.83. The minimum atomic E-state index is -1.63. The standard InChI is InChI=1S/C14H18O6/c1-2-20-12(16)6-5-9-3-4-10(7-11(9)8-15)13(17)14(18)19/h3-4,7,13,15,17H,2,5-6,8H2,1H3,(H,18,19). The molecule has 0 spiro atoms. The van der Waals surface area contributed by atoms with Crippen LogP contribution in [0.15, 0.2) is 18.2 Å². The monoisotopic (exact) mass is 282 g/mol. The summed E-state index contributed by atoms with van der Waals surface area (Å²) in [5, 5.41) is 27.5. The SMILES string of the molecule is CCOC(=O)CCc1ccc(C(O)C(=O)O)cc1CO. The third-order valence-electron chi connectivity index (χ3n) is 2.85. The molecule has 6 nitrogen and oxygen atoms in total. The van der Waals surface area contributed by atoms with Crippen molar-refractivity contribution in [3.8, 4) is 0 Å². The number of esters is 1. The van der Waals surface area contributed by atoms with E-state index in [1.54, 1.807) is 13.0 Å². The molecule has 1 aromatic carbocycles. The molecule has 0 radical (unpaired) electrons. The van der Waals surface area contributed by atoms with Crippen molar-refractivity contribution in [3.05, 3.63) is 34.9 Å². The van der Waals surface area contributed by atoms with Crippen LogP contribution in [0.3, 0.4) is 0 Å². The maximum absolute atomic E-state index is 11.3. The number of carboxylic acids is 1. The average molecular weight is 282 g/mol. The molecule has 1 aromatic rings. The predicted molar refractivity (Wildman–Crippen MR) is 69.9 cm³/mol. The first-order valence-corrected chi connectivity index (χ1v) is 6.28. The smallest absolute Gasteiger partial charge is 0.337 e. The van der Waals surface area contributed by atoms with Crippen LogP contribution in [0.4, 0.5) is 0 Å². The number of carbonyl (C=O) groups is 2. The van der Waals surface area contributed by atoms with Crippen LogP contribution < -0.4 is 0 Å². The van der Waals surface area contributed by atoms with Crippen molar-refractivity contribution in [2.75, 3.05) is 6.61 Å². The molecule has 1 unspecified atom stereocenters. The third-order valence-corrected chi connectivity index (χ3v) is 2.85. The lowest BCUT2D eigenvalue weighted by atomic mass is 9.98. The summed E-state index contributed by atoms with van der Waals surface area (Å²) >= 11 is 0. The summed E-state index contributed by atoms with van der Waals surface area (Å²) in [5.41, 5.74) is 1.41. The fourth-order valence-corrected chi connectivity index (χ4v) is 1.82. The van der Waals surface area contributed by atoms with E-state index in [9.17, 15) is 19.8 Å². The van der Waals surface area contributed by atoms with Crippen molar-refractivity contribution < 1.29 is 29.6 Å². The average Bonchev–Trinajstić information content (AvgIpc) is 2.44. The van der Waals surface area contributed by atoms with Crippen LogP contribution >= 0.6 is 0 Å². The Morgan fingerprint density at radius 1 is 1.30 bits per heavy atom. The van der Waals surface area contributed by atoms with Gasteiger partial charge in [0.25, 0.3) is 0 Å². The number of benzene rings is 1. The molecule has 0 aromatic heterocycles. The zero-order valence-corrected chi connectivity index (χ0v) is 11.2. The second-order valence-corrected chi connectivity index (χ2v) is 4.23. The second-order valence-electron chi connectivity index (χ2n) is 4.23. The van der Waals surface area contributed by atoms with E-state index in [0.717, 1.165) is 5.56 Å². The number of aryl methyl sites for hydroxylation is 1. The Morgan fingerprint density at radius 2 is 2.00 bits per heavy atom. The van der Waals surface area contributed by atoms with Gasteiger partial charge in [0.2, 0.25) is 0 Å². The van der Waals surface area contributed by atoms with E-state index >= 15 is 0 Å². The number of aliphatic hydroxyl groups is 2. The molecule has 6 heteroatoms. The van der Waals surface area contributed by atoms with Gasteiger partial charge in [-0.25, -0.2) is 4.79 Å². The van der Waals surface area contributed by atoms with Crippen LogP contribution in [0.5, 0.6) is 0 Å². The van der Waals surface area contributed by atoms with Crippen molar-refractivity contribution in [2.45, 2.75) is 32.5 Å². The second kappa shape index (κ2) is 7.62. The zero-order chi connectivity index (χ0) is 15.1. The summed E-state index contributed by atoms with van der Waals surface area (Å²) < 4.78 is 4.81. The van der Waals surface area contributed by atoms with Crippen molar-refractivity contribution >= 4 is 11.9 Å². The molecule has 0 saturated heterocycles. The molecule has 20 heavy (non-hydrogen) atoms. The number of carbonyl (C=O) groups excluding carboxylic acids is 1. The number of carboxylic acid groups (broad SMARTS) is 1. The third kappa shape index (κ3) is 4.32. The minimum absolute atomic E-state index is 0.182. The summed E-state index contributed by atoms with van der Waals surface area (Å²) in [6.07, 6.45) is -1.06. The van der Waals surface area contributed by atoms with Crippen LogP contribution in [-0.4, -0.2) is 33.9 Å². The van der Waals surface area contributed by atoms with Crippen LogP contribution in [0, 0.1) is 0 Å². The number of aliphatic hydroxyl groups excluding tert-OH is 2. The summed E-state index contributed by atoms with van der Waals surface area (Å²) in [6.45, 7) is 1.74. The van der Waals surface area contributed by atoms with Gasteiger partial charge in [-0.05, 0) is 30.0 Å². The summed E-state index contributed by atoms with van der Waals surface area (Å²) in [7, 11) is 0. The molecule has 1 rings (SSSR count). The van der Waals surface area contributed by atoms with Gasteiger partial charge >= 0.3 is 11.9 Å². The predicted octanol–water partition coefficient (Wildman–Crippen LogP) is 0.793. The highest BCUT2D eigenvalue weighted by Gasteiger charge is 2.17. The van der Waals surface area contributed by atoms with Gasteiger partial charge in [-0.2, -0.15) is 0 Å². The molecule has 0 aliphatic carbocycles. The highest BCUT2D eigenvalue weighted by molar-refractivity contribution is 5.74. The maximum atomic E-state index is 11.3. The molecule has 3 N–H and O–H groups in total. The van der Waals surface area contributed by atoms with Crippen molar-refractivity contribution in [1.82, 2.24) is 0 Å². The largest absolute Gasteiger partial charge is 0.479 e. The first-order chi connectivity index (χ1) is 9.49. The van der Waals surface area contributed by atoms with Crippen LogP contribution in [0.25, 0.3) is 0 Å². The number of hydrogen-bond donors (Lipinski definition) is 3. The van der Waals surface area contributed by atoms with Crippen molar-refractivity contribution in [2.24, 2.45) is 0 Å². The molecule has 1 atom stereocenters. The van der Waals surface area contributed by atoms with Crippen LogP contribution in [0.2, 0.25) is 0 Å². The molecule has 110 valence electrons. The van der Waals surface area contributed by atoms with E-state index in [1.165, 1.54) is 12.1 Å². The van der Waals surface area contributed by atoms with Gasteiger partial charge in [0.05, 0.1) is 13.2 Å². The number of ether oxygens (including phenoxy) is 1. The first kappa shape index (κ1) is 16.1. The van der Waals surface area contributed by atoms with Gasteiger partial charge < -0.3 is 20.1 Å². The molecular formula is C14H18O6. The highest BCUT2D eigenvalue weighted by atomic mass is 16.5. The number of aliphatic carboxylic acids is 1. The Labute approximate surface area is 116 Å². The van der Waals surface area contributed by atoms with E-state index in [-0.39, 0.29) is 24.6 Å². The van der Waals surface area contributed by atoms with Crippen molar-refractivity contribution in [3.63, 3.8) is 0 Å². The van der Waals surface area contributed by atoms with Gasteiger partial charge in [0.15, 0.2) is 6.10 Å². The topological polar surface area (TPSA) is 104 Å². The van der Waals surface area contributed by atoms with Crippen LogP contribution in [0.1, 0.15) is 36.1 Å². The minimum Gasteiger partial charge on any atom is -0.479 e. The lowest BCUT2D eigenvalue weighted by molar-refractivity contribution is -0.147. The van der Waals surface area contributed by atoms with Gasteiger partial charge in [-0.15, -0.1) is 0 Å². The van der Waals surface area contributed by atoms with E-state index in [4.69, 9.17) is 9.84 Å². The molecule has 0 amide bonds. The number of rotatable bonds is 7. The van der Waals surface area contributed by atoms with E-state index in [1.807, 2.05) is 0 Å². The molecule has 0 saturated carbocycles. The summed E-state index contributed by atoms with van der Waals surface area (Å²) in [4.78, 5) is 22.0. The normalized spacial score (nSPS) is 11.9. The molecule has 0 aliphatic heterocycles. The van der Waals surface area contributed by atoms with E-state index < -0.39 is 12.1 Å². The first-order valence-electron chi connectivity index (χ1n) is 6.28. The van der Waals surface area contributed by atoms with Crippen molar-refractivity contribution in [1.29, 1.82) is 0 Å². The molecular weight excluding hydrogens is 264 g/mol. The fraction of sp³-hybridized carbons (Fsp3) is 0.429. The van der Waals surface area contributed by atoms with Gasteiger partial charge in [0.1, 0.15) is 0 Å². The summed E-state index contributed by atoms with van der Waals surface area (Å²) in [6, 6.07) is 4.50. The quantitative estimate of drug-likeness (QED) is 0.639. The number of hydrogen-bond acceptors (Lipinski definition) is 5. The zero-order valence-electron chi connectivity index (χ0n) is 11.2. The molecule has 0 heterocycles. The molecule has 0 fully saturated rings. The van der Waals surface area contributed by atoms with Gasteiger partial charge in [-0.3, -0.25) is 4.79 Å². The van der Waals surface area contributed by atoms with Crippen LogP contribution in [-0.2, 0) is 27.4 Å². The summed E-state index contributed by atoms with van der Waals surface area (Å²) in [5.74, 6) is -1.68. The van der Waals surface area contributed by atoms with E-state index in [2.05, 4.69) is 0 Å². The highest BCUT2D eigenvalue weighted by Crippen LogP contribution is 2.20. The fourth-order valence-electron chi connectivity index (χ4n) is 1.82. The Hall–Kier alpha value is -1.92.